The topological polar surface area (TPSA) is 0 Å². The minimum Gasteiger partial charge on any atom is -0.255 e. The molecule has 0 nitrogen and oxygen atoms in total. The zero-order chi connectivity index (χ0) is 17.4. The highest BCUT2D eigenvalue weighted by Crippen LogP contribution is 2.21. The summed E-state index contributed by atoms with van der Waals surface area (Å²) < 4.78 is 9.50. The first-order valence-electron chi connectivity index (χ1n) is 8.19. The quantitative estimate of drug-likeness (QED) is 0.374. The lowest BCUT2D eigenvalue weighted by molar-refractivity contribution is 0.636. The molecular weight excluding hydrogens is 271 g/mol. The molecule has 0 atom stereocenters. The summed E-state index contributed by atoms with van der Waals surface area (Å²) in [7, 11) is 0.500. The number of halogens is 1. The molecule has 0 radical (unpaired) electrons. The number of alkyl halides is 1. The monoisotopic (exact) mass is 302 g/mol. The summed E-state index contributed by atoms with van der Waals surface area (Å²) in [5.74, 6) is 0. The fourth-order valence-corrected chi connectivity index (χ4v) is 1.88. The minimum atomic E-state index is 0.500. The normalized spacial score (nSPS) is 8.00. The van der Waals surface area contributed by atoms with E-state index in [1.165, 1.54) is 21.5 Å². The lowest BCUT2D eigenvalue weighted by Crippen LogP contribution is -1.74. The summed E-state index contributed by atoms with van der Waals surface area (Å²) in [4.78, 5) is 0. The van der Waals surface area contributed by atoms with E-state index in [9.17, 15) is 4.39 Å². The van der Waals surface area contributed by atoms with Crippen LogP contribution in [0.25, 0.3) is 21.5 Å². The van der Waals surface area contributed by atoms with E-state index in [1.807, 2.05) is 41.5 Å². The van der Waals surface area contributed by atoms with Crippen LogP contribution >= 0.6 is 0 Å². The third-order valence-electron chi connectivity index (χ3n) is 2.61. The second kappa shape index (κ2) is 15.5. The predicted octanol–water partition coefficient (Wildman–Crippen LogP) is 7.66. The maximum absolute atomic E-state index is 9.50. The number of fused-ring (bicyclic) bond motifs is 2. The molecule has 0 aliphatic carbocycles. The van der Waals surface area contributed by atoms with Crippen molar-refractivity contribution in [1.82, 2.24) is 0 Å². The van der Waals surface area contributed by atoms with Gasteiger partial charge in [0.25, 0.3) is 0 Å². The van der Waals surface area contributed by atoms with E-state index in [1.54, 1.807) is 0 Å². The number of hydrogen-bond acceptors (Lipinski definition) is 0. The van der Waals surface area contributed by atoms with Gasteiger partial charge in [-0.25, -0.2) is 0 Å². The van der Waals surface area contributed by atoms with Crippen molar-refractivity contribution < 1.29 is 4.39 Å². The highest BCUT2D eigenvalue weighted by molar-refractivity contribution is 5.98. The molecule has 0 amide bonds. The summed E-state index contributed by atoms with van der Waals surface area (Å²) in [6.07, 6.45) is 0. The minimum absolute atomic E-state index is 0.500. The third kappa shape index (κ3) is 6.71. The van der Waals surface area contributed by atoms with Crippen LogP contribution in [0.3, 0.4) is 0 Å². The van der Waals surface area contributed by atoms with Crippen LogP contribution in [0.2, 0.25) is 0 Å². The molecule has 0 saturated carbocycles. The Labute approximate surface area is 136 Å². The Hall–Kier alpha value is -1.89. The molecule has 0 aromatic heterocycles. The highest BCUT2D eigenvalue weighted by Gasteiger charge is 1.95. The molecule has 3 aromatic carbocycles. The van der Waals surface area contributed by atoms with Crippen molar-refractivity contribution in [2.24, 2.45) is 0 Å². The molecule has 0 heterocycles. The van der Waals surface area contributed by atoms with Crippen LogP contribution in [0.1, 0.15) is 41.5 Å². The first-order valence-corrected chi connectivity index (χ1v) is 8.19. The van der Waals surface area contributed by atoms with Crippen LogP contribution in [0.15, 0.2) is 60.7 Å². The molecule has 0 saturated heterocycles. The van der Waals surface area contributed by atoms with Crippen molar-refractivity contribution in [3.05, 3.63) is 60.7 Å². The van der Waals surface area contributed by atoms with Gasteiger partial charge in [0.05, 0.1) is 7.18 Å². The maximum Gasteiger partial charge on any atom is 0.0785 e. The Morgan fingerprint density at radius 2 is 0.636 bits per heavy atom. The van der Waals surface area contributed by atoms with Gasteiger partial charge in [0.2, 0.25) is 0 Å². The van der Waals surface area contributed by atoms with Crippen molar-refractivity contribution in [3.63, 3.8) is 0 Å². The number of rotatable bonds is 0. The van der Waals surface area contributed by atoms with Crippen molar-refractivity contribution >= 4 is 21.5 Å². The molecule has 3 aromatic rings. The zero-order valence-corrected chi connectivity index (χ0v) is 15.2. The smallest absolute Gasteiger partial charge is 0.0785 e. The van der Waals surface area contributed by atoms with Crippen molar-refractivity contribution in [1.29, 1.82) is 0 Å². The summed E-state index contributed by atoms with van der Waals surface area (Å²) in [6, 6.07) is 21.4. The van der Waals surface area contributed by atoms with Crippen LogP contribution in [-0.4, -0.2) is 7.18 Å². The van der Waals surface area contributed by atoms with Gasteiger partial charge in [-0.15, -0.1) is 0 Å². The van der Waals surface area contributed by atoms with E-state index in [0.29, 0.717) is 7.18 Å². The van der Waals surface area contributed by atoms with Gasteiger partial charge in [0, 0.05) is 0 Å². The number of benzene rings is 3. The second-order valence-electron chi connectivity index (χ2n) is 3.55. The molecule has 0 spiro atoms. The largest absolute Gasteiger partial charge is 0.255 e. The molecule has 1 heteroatoms. The lowest BCUT2D eigenvalue weighted by Gasteiger charge is -2.00. The van der Waals surface area contributed by atoms with Gasteiger partial charge in [-0.3, -0.25) is 4.39 Å². The summed E-state index contributed by atoms with van der Waals surface area (Å²) in [5.41, 5.74) is 0. The zero-order valence-electron chi connectivity index (χ0n) is 15.2. The van der Waals surface area contributed by atoms with Gasteiger partial charge in [0.1, 0.15) is 0 Å². The van der Waals surface area contributed by atoms with Gasteiger partial charge in [-0.1, -0.05) is 90.1 Å². The molecule has 0 bridgehead atoms. The average Bonchev–Trinajstić information content (AvgIpc) is 2.66. The van der Waals surface area contributed by atoms with Gasteiger partial charge in [0.15, 0.2) is 0 Å². The van der Waals surface area contributed by atoms with Crippen molar-refractivity contribution in [3.8, 4) is 0 Å². The first-order chi connectivity index (χ1) is 10.9. The van der Waals surface area contributed by atoms with Gasteiger partial charge in [-0.2, -0.15) is 0 Å². The van der Waals surface area contributed by atoms with Gasteiger partial charge in [-0.05, 0) is 33.7 Å². The van der Waals surface area contributed by atoms with E-state index < -0.39 is 0 Å². The Kier molecular flexibility index (Phi) is 15.8. The SMILES string of the molecule is CC.CC.CC.CF.c1ccc2cc3ccccc3cc2c1. The van der Waals surface area contributed by atoms with Crippen molar-refractivity contribution in [2.45, 2.75) is 41.5 Å². The maximum atomic E-state index is 9.50. The Morgan fingerprint density at radius 1 is 0.455 bits per heavy atom. The fourth-order valence-electron chi connectivity index (χ4n) is 1.88. The van der Waals surface area contributed by atoms with E-state index in [4.69, 9.17) is 0 Å². The van der Waals surface area contributed by atoms with Crippen LogP contribution < -0.4 is 0 Å². The van der Waals surface area contributed by atoms with Crippen LogP contribution in [0.5, 0.6) is 0 Å². The summed E-state index contributed by atoms with van der Waals surface area (Å²) in [6.45, 7) is 12.0. The van der Waals surface area contributed by atoms with Gasteiger partial charge >= 0.3 is 0 Å². The average molecular weight is 302 g/mol. The molecular formula is C21H31F. The predicted molar refractivity (Wildman–Crippen MR) is 103 cm³/mol. The van der Waals surface area contributed by atoms with E-state index in [-0.39, 0.29) is 0 Å². The fraction of sp³-hybridized carbons (Fsp3) is 0.333. The second-order valence-corrected chi connectivity index (χ2v) is 3.55. The highest BCUT2D eigenvalue weighted by atomic mass is 19.1. The van der Waals surface area contributed by atoms with E-state index in [0.717, 1.165) is 0 Å². The molecule has 0 N–H and O–H groups in total. The molecule has 122 valence electrons. The standard InChI is InChI=1S/C14H10.3C2H6.CH3F/c1-2-6-12-10-14-8-4-3-7-13(14)9-11(12)5-1;4*1-2/h1-10H;3*1-2H3;1H3. The third-order valence-corrected chi connectivity index (χ3v) is 2.61. The molecule has 0 aliphatic rings. The van der Waals surface area contributed by atoms with Gasteiger partial charge < -0.3 is 0 Å². The lowest BCUT2D eigenvalue weighted by atomic mass is 10.0. The summed E-state index contributed by atoms with van der Waals surface area (Å²) in [5, 5.41) is 5.25. The summed E-state index contributed by atoms with van der Waals surface area (Å²) >= 11 is 0. The Balaban J connectivity index is 0. The Morgan fingerprint density at radius 3 is 0.818 bits per heavy atom. The molecule has 0 fully saturated rings. The Bertz CT molecular complexity index is 495. The molecule has 0 aliphatic heterocycles. The number of hydrogen-bond donors (Lipinski definition) is 0. The molecule has 3 rings (SSSR count). The molecule has 0 unspecified atom stereocenters. The van der Waals surface area contributed by atoms with Crippen LogP contribution in [0.4, 0.5) is 4.39 Å². The van der Waals surface area contributed by atoms with E-state index in [2.05, 4.69) is 60.7 Å². The van der Waals surface area contributed by atoms with Crippen LogP contribution in [0, 0.1) is 0 Å². The van der Waals surface area contributed by atoms with Crippen LogP contribution in [-0.2, 0) is 0 Å². The first kappa shape index (κ1) is 22.4. The van der Waals surface area contributed by atoms with E-state index >= 15 is 0 Å². The molecule has 22 heavy (non-hydrogen) atoms. The van der Waals surface area contributed by atoms with Crippen molar-refractivity contribution in [2.75, 3.05) is 7.18 Å².